The summed E-state index contributed by atoms with van der Waals surface area (Å²) in [5.41, 5.74) is 1.67. The molecule has 0 atom stereocenters. The average Bonchev–Trinajstić information content (AvgIpc) is 2.37. The van der Waals surface area contributed by atoms with E-state index in [4.69, 9.17) is 0 Å². The second-order valence-electron chi connectivity index (χ2n) is 11.5. The molecule has 0 N–H and O–H groups in total. The molecule has 0 heterocycles. The van der Waals surface area contributed by atoms with Crippen LogP contribution in [0.1, 0.15) is 111 Å². The van der Waals surface area contributed by atoms with E-state index in [1.807, 2.05) is 0 Å². The fraction of sp³-hybridized carbons (Fsp3) is 1.00. The molecular weight excluding hydrogens is 288 g/mol. The van der Waals surface area contributed by atoms with E-state index in [1.54, 1.807) is 0 Å². The van der Waals surface area contributed by atoms with E-state index < -0.39 is 0 Å². The van der Waals surface area contributed by atoms with Crippen molar-refractivity contribution in [3.05, 3.63) is 0 Å². The number of hydrogen-bond donors (Lipinski definition) is 0. The fourth-order valence-corrected chi connectivity index (χ4v) is 2.98. The van der Waals surface area contributed by atoms with Gasteiger partial charge in [-0.15, -0.1) is 0 Å². The van der Waals surface area contributed by atoms with Crippen LogP contribution >= 0.6 is 0 Å². The summed E-state index contributed by atoms with van der Waals surface area (Å²) in [5.74, 6) is 2.98. The van der Waals surface area contributed by atoms with E-state index in [9.17, 15) is 0 Å². The Morgan fingerprint density at radius 1 is 0.292 bits per heavy atom. The van der Waals surface area contributed by atoms with Gasteiger partial charge in [0, 0.05) is 0 Å². The molecule has 0 aliphatic heterocycles. The summed E-state index contributed by atoms with van der Waals surface area (Å²) in [6.07, 6.45) is 0. The van der Waals surface area contributed by atoms with E-state index in [0.29, 0.717) is 21.7 Å². The average molecular weight is 341 g/mol. The van der Waals surface area contributed by atoms with Crippen molar-refractivity contribution in [2.75, 3.05) is 0 Å². The molecule has 0 saturated carbocycles. The van der Waals surface area contributed by atoms with E-state index in [0.717, 1.165) is 23.7 Å². The van der Waals surface area contributed by atoms with Gasteiger partial charge in [-0.2, -0.15) is 0 Å². The molecule has 0 nitrogen and oxygen atoms in total. The van der Waals surface area contributed by atoms with E-state index in [2.05, 4.69) is 111 Å². The molecule has 0 bridgehead atoms. The molecule has 0 saturated heterocycles. The van der Waals surface area contributed by atoms with Gasteiger partial charge in [0.05, 0.1) is 0 Å². The highest BCUT2D eigenvalue weighted by Crippen LogP contribution is 2.49. The van der Waals surface area contributed by atoms with Crippen molar-refractivity contribution in [1.82, 2.24) is 0 Å². The summed E-state index contributed by atoms with van der Waals surface area (Å²) < 4.78 is 0. The first kappa shape index (κ1) is 26.2. The molecule has 0 aliphatic rings. The van der Waals surface area contributed by atoms with Crippen LogP contribution in [0.3, 0.4) is 0 Å². The Balaban J connectivity index is 0. The van der Waals surface area contributed by atoms with Crippen LogP contribution in [0.4, 0.5) is 0 Å². The Hall–Kier alpha value is 0. The first-order valence-corrected chi connectivity index (χ1v) is 10.3. The molecule has 0 spiro atoms. The fourth-order valence-electron chi connectivity index (χ4n) is 2.98. The zero-order chi connectivity index (χ0) is 20.3. The van der Waals surface area contributed by atoms with Crippen LogP contribution in [0.5, 0.6) is 0 Å². The van der Waals surface area contributed by atoms with Crippen LogP contribution in [0, 0.1) is 45.3 Å². The molecule has 0 amide bonds. The lowest BCUT2D eigenvalue weighted by Crippen LogP contribution is -2.40. The molecule has 0 aromatic heterocycles. The summed E-state index contributed by atoms with van der Waals surface area (Å²) in [5, 5.41) is 0. The lowest BCUT2D eigenvalue weighted by Gasteiger charge is -2.48. The highest BCUT2D eigenvalue weighted by atomic mass is 14.5. The van der Waals surface area contributed by atoms with Crippen LogP contribution in [0.15, 0.2) is 0 Å². The highest BCUT2D eigenvalue weighted by Gasteiger charge is 2.41. The minimum absolute atomic E-state index is 0.418. The first-order chi connectivity index (χ1) is 10.3. The minimum Gasteiger partial charge on any atom is -0.0622 e. The van der Waals surface area contributed by atoms with Crippen molar-refractivity contribution in [3.63, 3.8) is 0 Å². The molecule has 0 aromatic carbocycles. The number of rotatable bonds is 6. The van der Waals surface area contributed by atoms with Gasteiger partial charge in [-0.3, -0.25) is 0 Å². The second-order valence-corrected chi connectivity index (χ2v) is 11.5. The van der Waals surface area contributed by atoms with Gasteiger partial charge in [-0.1, -0.05) is 111 Å². The Labute approximate surface area is 156 Å². The maximum absolute atomic E-state index is 2.39. The first-order valence-electron chi connectivity index (χ1n) is 10.3. The van der Waals surface area contributed by atoms with Crippen LogP contribution in [-0.4, -0.2) is 0 Å². The SMILES string of the molecule is CC(C)C(C)(C)C(C)(C)C(C)C.CC(C)C(C)(C)C(C)(C)C(C)C. The van der Waals surface area contributed by atoms with Crippen LogP contribution < -0.4 is 0 Å². The topological polar surface area (TPSA) is 0 Å². The minimum atomic E-state index is 0.418. The molecule has 148 valence electrons. The normalized spacial score (nSPS) is 14.5. The largest absolute Gasteiger partial charge is 0.0622 e. The predicted octanol–water partition coefficient (Wildman–Crippen LogP) is 8.70. The van der Waals surface area contributed by atoms with Crippen molar-refractivity contribution in [2.24, 2.45) is 45.3 Å². The van der Waals surface area contributed by atoms with Crippen LogP contribution in [0.2, 0.25) is 0 Å². The third kappa shape index (κ3) is 5.50. The molecule has 24 heavy (non-hydrogen) atoms. The van der Waals surface area contributed by atoms with Crippen LogP contribution in [0.25, 0.3) is 0 Å². The zero-order valence-corrected chi connectivity index (χ0v) is 20.3. The monoisotopic (exact) mass is 340 g/mol. The molecule has 0 fully saturated rings. The van der Waals surface area contributed by atoms with Gasteiger partial charge in [-0.25, -0.2) is 0 Å². The van der Waals surface area contributed by atoms with Gasteiger partial charge in [0.2, 0.25) is 0 Å². The summed E-state index contributed by atoms with van der Waals surface area (Å²) in [4.78, 5) is 0. The van der Waals surface area contributed by atoms with Gasteiger partial charge >= 0.3 is 0 Å². The predicted molar refractivity (Wildman–Crippen MR) is 114 cm³/mol. The molecule has 0 heteroatoms. The van der Waals surface area contributed by atoms with Crippen molar-refractivity contribution >= 4 is 0 Å². The number of hydrogen-bond acceptors (Lipinski definition) is 0. The standard InChI is InChI=1S/2C12H26/c2*1-9(2)11(5,6)12(7,8)10(3)4/h2*9-10H,1-8H3. The highest BCUT2D eigenvalue weighted by molar-refractivity contribution is 4.90. The van der Waals surface area contributed by atoms with E-state index in [1.165, 1.54) is 0 Å². The van der Waals surface area contributed by atoms with Gasteiger partial charge < -0.3 is 0 Å². The van der Waals surface area contributed by atoms with Gasteiger partial charge in [0.25, 0.3) is 0 Å². The molecule has 0 aliphatic carbocycles. The molecule has 0 radical (unpaired) electrons. The van der Waals surface area contributed by atoms with E-state index >= 15 is 0 Å². The lowest BCUT2D eigenvalue weighted by molar-refractivity contribution is 0.0135. The maximum atomic E-state index is 2.39. The maximum Gasteiger partial charge on any atom is -0.0277 e. The molecule has 0 unspecified atom stereocenters. The summed E-state index contributed by atoms with van der Waals surface area (Å²) in [6.45, 7) is 37.7. The van der Waals surface area contributed by atoms with Crippen molar-refractivity contribution < 1.29 is 0 Å². The molecule has 0 aromatic rings. The lowest BCUT2D eigenvalue weighted by atomic mass is 9.57. The van der Waals surface area contributed by atoms with Crippen molar-refractivity contribution in [2.45, 2.75) is 111 Å². The zero-order valence-electron chi connectivity index (χ0n) is 20.3. The summed E-state index contributed by atoms with van der Waals surface area (Å²) >= 11 is 0. The molecule has 0 rings (SSSR count). The summed E-state index contributed by atoms with van der Waals surface area (Å²) in [7, 11) is 0. The van der Waals surface area contributed by atoms with Gasteiger partial charge in [0.15, 0.2) is 0 Å². The Kier molecular flexibility index (Phi) is 9.39. The van der Waals surface area contributed by atoms with Crippen molar-refractivity contribution in [3.8, 4) is 0 Å². The quantitative estimate of drug-likeness (QED) is 0.453. The third-order valence-electron chi connectivity index (χ3n) is 9.09. The van der Waals surface area contributed by atoms with Gasteiger partial charge in [-0.05, 0) is 45.3 Å². The van der Waals surface area contributed by atoms with Crippen LogP contribution in [-0.2, 0) is 0 Å². The Bertz CT molecular complexity index is 276. The smallest absolute Gasteiger partial charge is 0.0277 e. The third-order valence-corrected chi connectivity index (χ3v) is 9.09. The van der Waals surface area contributed by atoms with E-state index in [-0.39, 0.29) is 0 Å². The second kappa shape index (κ2) is 8.59. The van der Waals surface area contributed by atoms with Crippen molar-refractivity contribution in [1.29, 1.82) is 0 Å². The Morgan fingerprint density at radius 2 is 0.375 bits per heavy atom. The Morgan fingerprint density at radius 3 is 0.417 bits per heavy atom. The van der Waals surface area contributed by atoms with Gasteiger partial charge in [0.1, 0.15) is 0 Å². The summed E-state index contributed by atoms with van der Waals surface area (Å²) in [6, 6.07) is 0. The molecular formula is C24H52.